The van der Waals surface area contributed by atoms with Crippen LogP contribution < -0.4 is 10.1 Å². The Morgan fingerprint density at radius 1 is 1.30 bits per heavy atom. The molecule has 0 aliphatic heterocycles. The van der Waals surface area contributed by atoms with E-state index in [0.717, 1.165) is 24.4 Å². The number of likely N-dealkylation sites (N-methyl/N-ethyl adjacent to an activating group) is 1. The Balaban J connectivity index is 1.96. The molecule has 106 valence electrons. The lowest BCUT2D eigenvalue weighted by Crippen LogP contribution is -2.24. The van der Waals surface area contributed by atoms with Gasteiger partial charge in [0, 0.05) is 25.9 Å². The molecule has 0 aliphatic carbocycles. The smallest absolute Gasteiger partial charge is 0.239 e. The third kappa shape index (κ3) is 3.60. The van der Waals surface area contributed by atoms with E-state index >= 15 is 0 Å². The summed E-state index contributed by atoms with van der Waals surface area (Å²) in [6.07, 6.45) is 5.25. The molecule has 5 heteroatoms. The van der Waals surface area contributed by atoms with E-state index in [0.29, 0.717) is 6.54 Å². The monoisotopic (exact) mass is 273 g/mol. The Morgan fingerprint density at radius 2 is 2.05 bits per heavy atom. The molecular formula is C15H19N3O2. The fourth-order valence-electron chi connectivity index (χ4n) is 1.99. The van der Waals surface area contributed by atoms with Crippen LogP contribution >= 0.6 is 0 Å². The molecule has 5 nitrogen and oxygen atoms in total. The van der Waals surface area contributed by atoms with Crippen LogP contribution in [0.2, 0.25) is 0 Å². The van der Waals surface area contributed by atoms with Crippen LogP contribution in [0.4, 0.5) is 0 Å². The molecule has 1 aromatic heterocycles. The maximum absolute atomic E-state index is 11.4. The number of amides is 1. The van der Waals surface area contributed by atoms with Gasteiger partial charge in [0.25, 0.3) is 0 Å². The second-order valence-electron chi connectivity index (χ2n) is 4.49. The number of hydrogen-bond acceptors (Lipinski definition) is 3. The summed E-state index contributed by atoms with van der Waals surface area (Å²) >= 11 is 0. The molecule has 2 aromatic rings. The number of nitrogens with one attached hydrogen (secondary N) is 1. The van der Waals surface area contributed by atoms with Crippen LogP contribution in [-0.4, -0.2) is 29.6 Å². The number of rotatable bonds is 6. The lowest BCUT2D eigenvalue weighted by Gasteiger charge is -2.07. The average molecular weight is 273 g/mol. The minimum Gasteiger partial charge on any atom is -0.497 e. The molecule has 0 spiro atoms. The fraction of sp³-hybridized carbons (Fsp3) is 0.333. The first-order valence-corrected chi connectivity index (χ1v) is 6.56. The van der Waals surface area contributed by atoms with E-state index in [2.05, 4.69) is 10.3 Å². The van der Waals surface area contributed by atoms with Gasteiger partial charge in [-0.25, -0.2) is 4.98 Å². The summed E-state index contributed by atoms with van der Waals surface area (Å²) in [5.41, 5.74) is 1.22. The minimum atomic E-state index is -0.0197. The van der Waals surface area contributed by atoms with Crippen molar-refractivity contribution < 1.29 is 9.53 Å². The Bertz CT molecular complexity index is 561. The first-order chi connectivity index (χ1) is 9.72. The zero-order chi connectivity index (χ0) is 14.4. The van der Waals surface area contributed by atoms with Crippen LogP contribution in [-0.2, 0) is 24.2 Å². The Hall–Kier alpha value is -2.30. The third-order valence-electron chi connectivity index (χ3n) is 3.19. The third-order valence-corrected chi connectivity index (χ3v) is 3.19. The topological polar surface area (TPSA) is 56.2 Å². The Kier molecular flexibility index (Phi) is 4.76. The van der Waals surface area contributed by atoms with E-state index in [1.165, 1.54) is 5.56 Å². The zero-order valence-electron chi connectivity index (χ0n) is 11.8. The van der Waals surface area contributed by atoms with Crippen molar-refractivity contribution in [2.24, 2.45) is 0 Å². The van der Waals surface area contributed by atoms with Crippen LogP contribution in [0.1, 0.15) is 11.4 Å². The van der Waals surface area contributed by atoms with Gasteiger partial charge < -0.3 is 14.6 Å². The van der Waals surface area contributed by atoms with E-state index in [1.807, 2.05) is 35.0 Å². The number of aromatic nitrogens is 2. The minimum absolute atomic E-state index is 0.0197. The normalized spacial score (nSPS) is 10.3. The van der Waals surface area contributed by atoms with Gasteiger partial charge in [-0.15, -0.1) is 0 Å². The van der Waals surface area contributed by atoms with Crippen molar-refractivity contribution in [3.63, 3.8) is 0 Å². The van der Waals surface area contributed by atoms with Crippen LogP contribution in [0.5, 0.6) is 5.75 Å². The molecule has 0 bridgehead atoms. The Labute approximate surface area is 118 Å². The highest BCUT2D eigenvalue weighted by molar-refractivity contribution is 5.75. The number of imidazole rings is 1. The summed E-state index contributed by atoms with van der Waals surface area (Å²) in [5, 5.41) is 2.62. The van der Waals surface area contributed by atoms with Crippen molar-refractivity contribution in [3.05, 3.63) is 48.0 Å². The predicted octanol–water partition coefficient (Wildman–Crippen LogP) is 1.42. The summed E-state index contributed by atoms with van der Waals surface area (Å²) < 4.78 is 7.01. The van der Waals surface area contributed by atoms with Crippen molar-refractivity contribution in [2.45, 2.75) is 19.4 Å². The number of carbonyl (C=O) groups excluding carboxylic acids is 1. The molecule has 0 fully saturated rings. The molecule has 0 saturated heterocycles. The molecule has 0 atom stereocenters. The van der Waals surface area contributed by atoms with Gasteiger partial charge in [-0.2, -0.15) is 0 Å². The van der Waals surface area contributed by atoms with Crippen LogP contribution in [0.15, 0.2) is 36.7 Å². The number of methoxy groups -OCH3 is 1. The summed E-state index contributed by atoms with van der Waals surface area (Å²) in [5.74, 6) is 1.76. The van der Waals surface area contributed by atoms with E-state index < -0.39 is 0 Å². The molecule has 1 heterocycles. The van der Waals surface area contributed by atoms with Crippen molar-refractivity contribution >= 4 is 5.91 Å². The van der Waals surface area contributed by atoms with Gasteiger partial charge in [0.2, 0.25) is 5.91 Å². The predicted molar refractivity (Wildman–Crippen MR) is 76.7 cm³/mol. The molecule has 0 saturated carbocycles. The van der Waals surface area contributed by atoms with Gasteiger partial charge >= 0.3 is 0 Å². The van der Waals surface area contributed by atoms with Crippen molar-refractivity contribution in [1.82, 2.24) is 14.9 Å². The van der Waals surface area contributed by atoms with Gasteiger partial charge in [0.15, 0.2) is 0 Å². The lowest BCUT2D eigenvalue weighted by molar-refractivity contribution is -0.121. The summed E-state index contributed by atoms with van der Waals surface area (Å²) in [6.45, 7) is 0.314. The van der Waals surface area contributed by atoms with E-state index in [4.69, 9.17) is 4.74 Å². The van der Waals surface area contributed by atoms with Gasteiger partial charge in [0.05, 0.1) is 7.11 Å². The van der Waals surface area contributed by atoms with Gasteiger partial charge in [-0.05, 0) is 24.1 Å². The highest BCUT2D eigenvalue weighted by atomic mass is 16.5. The number of ether oxygens (including phenoxy) is 1. The highest BCUT2D eigenvalue weighted by Crippen LogP contribution is 2.13. The fourth-order valence-corrected chi connectivity index (χ4v) is 1.99. The van der Waals surface area contributed by atoms with E-state index in [1.54, 1.807) is 20.4 Å². The number of nitrogens with zero attached hydrogens (tertiary/aromatic N) is 2. The average Bonchev–Trinajstić information content (AvgIpc) is 2.92. The van der Waals surface area contributed by atoms with E-state index in [9.17, 15) is 4.79 Å². The van der Waals surface area contributed by atoms with Crippen LogP contribution in [0.3, 0.4) is 0 Å². The van der Waals surface area contributed by atoms with Crippen LogP contribution in [0, 0.1) is 0 Å². The van der Waals surface area contributed by atoms with Gasteiger partial charge in [0.1, 0.15) is 18.1 Å². The first kappa shape index (κ1) is 14.1. The second kappa shape index (κ2) is 6.75. The second-order valence-corrected chi connectivity index (χ2v) is 4.49. The molecule has 1 N–H and O–H groups in total. The molecule has 0 unspecified atom stereocenters. The van der Waals surface area contributed by atoms with Gasteiger partial charge in [-0.3, -0.25) is 4.79 Å². The molecule has 0 aliphatic rings. The SMILES string of the molecule is CNC(=O)Cn1ccnc1CCc1ccc(OC)cc1. The summed E-state index contributed by atoms with van der Waals surface area (Å²) in [4.78, 5) is 15.7. The number of carbonyl (C=O) groups is 1. The largest absolute Gasteiger partial charge is 0.497 e. The number of benzene rings is 1. The maximum atomic E-state index is 11.4. The van der Waals surface area contributed by atoms with Crippen molar-refractivity contribution in [3.8, 4) is 5.75 Å². The number of aryl methyl sites for hydroxylation is 2. The highest BCUT2D eigenvalue weighted by Gasteiger charge is 2.06. The Morgan fingerprint density at radius 3 is 2.70 bits per heavy atom. The van der Waals surface area contributed by atoms with Gasteiger partial charge in [-0.1, -0.05) is 12.1 Å². The molecular weight excluding hydrogens is 254 g/mol. The molecule has 2 rings (SSSR count). The first-order valence-electron chi connectivity index (χ1n) is 6.56. The quantitative estimate of drug-likeness (QED) is 0.866. The molecule has 0 radical (unpaired) electrons. The molecule has 1 amide bonds. The molecule has 20 heavy (non-hydrogen) atoms. The maximum Gasteiger partial charge on any atom is 0.239 e. The van der Waals surface area contributed by atoms with E-state index in [-0.39, 0.29) is 5.91 Å². The van der Waals surface area contributed by atoms with Crippen LogP contribution in [0.25, 0.3) is 0 Å². The summed E-state index contributed by atoms with van der Waals surface area (Å²) in [6, 6.07) is 7.99. The number of hydrogen-bond donors (Lipinski definition) is 1. The molecule has 1 aromatic carbocycles. The standard InChI is InChI=1S/C15H19N3O2/c1-16-15(19)11-18-10-9-17-14(18)8-5-12-3-6-13(20-2)7-4-12/h3-4,6-7,9-10H,5,8,11H2,1-2H3,(H,16,19). The zero-order valence-corrected chi connectivity index (χ0v) is 11.8. The van der Waals surface area contributed by atoms with Crippen molar-refractivity contribution in [1.29, 1.82) is 0 Å². The lowest BCUT2D eigenvalue weighted by atomic mass is 10.1. The van der Waals surface area contributed by atoms with Crippen molar-refractivity contribution in [2.75, 3.05) is 14.2 Å². The summed E-state index contributed by atoms with van der Waals surface area (Å²) in [7, 11) is 3.29.